The molecule has 1 heterocycles. The number of rotatable bonds is 5. The molecule has 124 valence electrons. The second kappa shape index (κ2) is 6.72. The van der Waals surface area contributed by atoms with Crippen LogP contribution in [0.5, 0.6) is 11.5 Å². The quantitative estimate of drug-likeness (QED) is 0.847. The van der Waals surface area contributed by atoms with Crippen molar-refractivity contribution in [2.24, 2.45) is 0 Å². The predicted molar refractivity (Wildman–Crippen MR) is 77.5 cm³/mol. The average Bonchev–Trinajstić information content (AvgIpc) is 2.50. The largest absolute Gasteiger partial charge is 0.497 e. The molecule has 0 saturated carbocycles. The van der Waals surface area contributed by atoms with Crippen molar-refractivity contribution in [3.8, 4) is 11.5 Å². The molecule has 0 fully saturated rings. The summed E-state index contributed by atoms with van der Waals surface area (Å²) in [5, 5.41) is 0.638. The summed E-state index contributed by atoms with van der Waals surface area (Å²) in [6, 6.07) is 6.65. The van der Waals surface area contributed by atoms with Gasteiger partial charge in [0.25, 0.3) is 5.91 Å². The smallest absolute Gasteiger partial charge is 0.406 e. The van der Waals surface area contributed by atoms with Gasteiger partial charge in [-0.1, -0.05) is 0 Å². The molecule has 1 aromatic heterocycles. The number of carbonyl (C=O) groups excluding carboxylic acids is 1. The lowest BCUT2D eigenvalue weighted by molar-refractivity contribution is -0.159. The lowest BCUT2D eigenvalue weighted by Gasteiger charge is -2.19. The van der Waals surface area contributed by atoms with Crippen LogP contribution in [-0.4, -0.2) is 49.3 Å². The minimum Gasteiger partial charge on any atom is -0.497 e. The molecule has 0 radical (unpaired) electrons. The van der Waals surface area contributed by atoms with Gasteiger partial charge in [0.15, 0.2) is 6.61 Å². The number of nitrogens with zero attached hydrogens (tertiary/aromatic N) is 2. The maximum absolute atomic E-state index is 12.3. The normalized spacial score (nSPS) is 11.3. The highest BCUT2D eigenvalue weighted by molar-refractivity contribution is 5.86. The van der Waals surface area contributed by atoms with Crippen LogP contribution in [0, 0.1) is 0 Å². The summed E-state index contributed by atoms with van der Waals surface area (Å²) in [6.07, 6.45) is -2.95. The minimum atomic E-state index is -4.44. The van der Waals surface area contributed by atoms with Crippen molar-refractivity contribution in [3.05, 3.63) is 30.5 Å². The van der Waals surface area contributed by atoms with Crippen molar-refractivity contribution in [2.75, 3.05) is 27.3 Å². The van der Waals surface area contributed by atoms with E-state index >= 15 is 0 Å². The van der Waals surface area contributed by atoms with Crippen molar-refractivity contribution >= 4 is 16.8 Å². The van der Waals surface area contributed by atoms with Gasteiger partial charge >= 0.3 is 6.18 Å². The molecule has 23 heavy (non-hydrogen) atoms. The number of ether oxygens (including phenoxy) is 2. The Morgan fingerprint density at radius 3 is 2.70 bits per heavy atom. The fourth-order valence-electron chi connectivity index (χ4n) is 1.96. The van der Waals surface area contributed by atoms with Gasteiger partial charge in [0.05, 0.1) is 12.6 Å². The summed E-state index contributed by atoms with van der Waals surface area (Å²) >= 11 is 0. The standard InChI is InChI=1S/C15H15F3N2O3/c1-20(9-15(16,17)18)14(21)8-23-13-5-6-19-12-7-10(22-2)3-4-11(12)13/h3-7H,8-9H2,1-2H3. The number of aromatic nitrogens is 1. The molecule has 0 spiro atoms. The molecule has 5 nitrogen and oxygen atoms in total. The maximum Gasteiger partial charge on any atom is 0.406 e. The van der Waals surface area contributed by atoms with E-state index in [4.69, 9.17) is 9.47 Å². The number of benzene rings is 1. The van der Waals surface area contributed by atoms with Gasteiger partial charge in [-0.05, 0) is 18.2 Å². The Bertz CT molecular complexity index is 704. The molecule has 0 unspecified atom stereocenters. The number of hydrogen-bond donors (Lipinski definition) is 0. The van der Waals surface area contributed by atoms with E-state index in [9.17, 15) is 18.0 Å². The average molecular weight is 328 g/mol. The minimum absolute atomic E-state index is 0.367. The fraction of sp³-hybridized carbons (Fsp3) is 0.333. The molecular weight excluding hydrogens is 313 g/mol. The van der Waals surface area contributed by atoms with E-state index in [0.717, 1.165) is 7.05 Å². The third kappa shape index (κ3) is 4.48. The number of amides is 1. The SMILES string of the molecule is COc1ccc2c(OCC(=O)N(C)CC(F)(F)F)ccnc2c1. The number of carbonyl (C=O) groups is 1. The molecule has 0 aliphatic rings. The molecule has 8 heteroatoms. The second-order valence-corrected chi connectivity index (χ2v) is 4.85. The number of fused-ring (bicyclic) bond motifs is 1. The molecular formula is C15H15F3N2O3. The Morgan fingerprint density at radius 2 is 2.04 bits per heavy atom. The summed E-state index contributed by atoms with van der Waals surface area (Å²) in [7, 11) is 2.60. The summed E-state index contributed by atoms with van der Waals surface area (Å²) in [4.78, 5) is 16.4. The molecule has 0 bridgehead atoms. The first-order chi connectivity index (χ1) is 10.8. The van der Waals surface area contributed by atoms with Crippen LogP contribution in [0.1, 0.15) is 0 Å². The van der Waals surface area contributed by atoms with E-state index in [1.807, 2.05) is 0 Å². The lowest BCUT2D eigenvalue weighted by Crippen LogP contribution is -2.38. The topological polar surface area (TPSA) is 51.7 Å². The van der Waals surface area contributed by atoms with Crippen LogP contribution >= 0.6 is 0 Å². The van der Waals surface area contributed by atoms with Crippen molar-refractivity contribution < 1.29 is 27.4 Å². The van der Waals surface area contributed by atoms with Crippen LogP contribution < -0.4 is 9.47 Å². The van der Waals surface area contributed by atoms with Crippen LogP contribution in [-0.2, 0) is 4.79 Å². The summed E-state index contributed by atoms with van der Waals surface area (Å²) in [5.41, 5.74) is 0.595. The monoisotopic (exact) mass is 328 g/mol. The van der Waals surface area contributed by atoms with Gasteiger partial charge in [-0.15, -0.1) is 0 Å². The van der Waals surface area contributed by atoms with E-state index < -0.39 is 25.2 Å². The third-order valence-corrected chi connectivity index (χ3v) is 3.10. The first-order valence-electron chi connectivity index (χ1n) is 6.66. The summed E-state index contributed by atoms with van der Waals surface area (Å²) in [5.74, 6) is 0.218. The van der Waals surface area contributed by atoms with Gasteiger partial charge in [0.1, 0.15) is 18.0 Å². The van der Waals surface area contributed by atoms with Gasteiger partial charge in [0, 0.05) is 24.7 Å². The van der Waals surface area contributed by atoms with E-state index in [0.29, 0.717) is 27.3 Å². The zero-order chi connectivity index (χ0) is 17.0. The van der Waals surface area contributed by atoms with E-state index in [2.05, 4.69) is 4.98 Å². The van der Waals surface area contributed by atoms with Crippen LogP contribution in [0.3, 0.4) is 0 Å². The fourth-order valence-corrected chi connectivity index (χ4v) is 1.96. The Kier molecular flexibility index (Phi) is 4.92. The molecule has 2 rings (SSSR count). The molecule has 0 aliphatic carbocycles. The summed E-state index contributed by atoms with van der Waals surface area (Å²) < 4.78 is 47.2. The van der Waals surface area contributed by atoms with Gasteiger partial charge in [-0.2, -0.15) is 13.2 Å². The molecule has 2 aromatic rings. The lowest BCUT2D eigenvalue weighted by atomic mass is 10.2. The first kappa shape index (κ1) is 16.9. The number of methoxy groups -OCH3 is 1. The number of alkyl halides is 3. The van der Waals surface area contributed by atoms with Gasteiger partial charge in [-0.25, -0.2) is 0 Å². The van der Waals surface area contributed by atoms with Crippen LogP contribution in [0.25, 0.3) is 10.9 Å². The van der Waals surface area contributed by atoms with E-state index in [1.54, 1.807) is 24.3 Å². The number of pyridine rings is 1. The Labute approximate surface area is 130 Å². The summed E-state index contributed by atoms with van der Waals surface area (Å²) in [6.45, 7) is -1.80. The van der Waals surface area contributed by atoms with Crippen LogP contribution in [0.4, 0.5) is 13.2 Å². The molecule has 0 N–H and O–H groups in total. The highest BCUT2D eigenvalue weighted by atomic mass is 19.4. The van der Waals surface area contributed by atoms with Crippen molar-refractivity contribution in [1.29, 1.82) is 0 Å². The zero-order valence-electron chi connectivity index (χ0n) is 12.6. The zero-order valence-corrected chi connectivity index (χ0v) is 12.6. The van der Waals surface area contributed by atoms with E-state index in [-0.39, 0.29) is 0 Å². The first-order valence-corrected chi connectivity index (χ1v) is 6.66. The van der Waals surface area contributed by atoms with Gasteiger partial charge in [0.2, 0.25) is 0 Å². The Morgan fingerprint density at radius 1 is 1.30 bits per heavy atom. The third-order valence-electron chi connectivity index (χ3n) is 3.10. The Balaban J connectivity index is 2.09. The van der Waals surface area contributed by atoms with E-state index in [1.165, 1.54) is 13.3 Å². The van der Waals surface area contributed by atoms with Crippen molar-refractivity contribution in [3.63, 3.8) is 0 Å². The molecule has 0 saturated heterocycles. The van der Waals surface area contributed by atoms with Crippen molar-refractivity contribution in [2.45, 2.75) is 6.18 Å². The predicted octanol–water partition coefficient (Wildman–Crippen LogP) is 2.64. The van der Waals surface area contributed by atoms with Crippen LogP contribution in [0.2, 0.25) is 0 Å². The number of likely N-dealkylation sites (N-methyl/N-ethyl adjacent to an activating group) is 1. The highest BCUT2D eigenvalue weighted by Crippen LogP contribution is 2.27. The van der Waals surface area contributed by atoms with Crippen molar-refractivity contribution in [1.82, 2.24) is 9.88 Å². The van der Waals surface area contributed by atoms with Crippen LogP contribution in [0.15, 0.2) is 30.5 Å². The number of halogens is 3. The molecule has 0 aliphatic heterocycles. The maximum atomic E-state index is 12.3. The second-order valence-electron chi connectivity index (χ2n) is 4.85. The van der Waals surface area contributed by atoms with Gasteiger partial charge in [-0.3, -0.25) is 9.78 Å². The molecule has 0 atom stereocenters. The van der Waals surface area contributed by atoms with Gasteiger partial charge < -0.3 is 14.4 Å². The Hall–Kier alpha value is -2.51. The highest BCUT2D eigenvalue weighted by Gasteiger charge is 2.31. The molecule has 1 amide bonds. The molecule has 1 aromatic carbocycles. The number of hydrogen-bond acceptors (Lipinski definition) is 4.